The van der Waals surface area contributed by atoms with E-state index >= 15 is 0 Å². The molecule has 0 aromatic heterocycles. The van der Waals surface area contributed by atoms with E-state index < -0.39 is 15.9 Å². The van der Waals surface area contributed by atoms with Crippen molar-refractivity contribution in [2.24, 2.45) is 0 Å². The van der Waals surface area contributed by atoms with Gasteiger partial charge in [-0.2, -0.15) is 4.31 Å². The van der Waals surface area contributed by atoms with E-state index in [4.69, 9.17) is 16.3 Å². The van der Waals surface area contributed by atoms with Crippen molar-refractivity contribution < 1.29 is 17.9 Å². The van der Waals surface area contributed by atoms with Crippen LogP contribution in [0.4, 0.5) is 0 Å². The van der Waals surface area contributed by atoms with E-state index in [2.05, 4.69) is 5.32 Å². The molecule has 0 radical (unpaired) electrons. The molecule has 8 heteroatoms. The maximum Gasteiger partial charge on any atom is 0.243 e. The van der Waals surface area contributed by atoms with Crippen molar-refractivity contribution in [3.05, 3.63) is 64.7 Å². The van der Waals surface area contributed by atoms with Gasteiger partial charge in [0.15, 0.2) is 0 Å². The van der Waals surface area contributed by atoms with Crippen molar-refractivity contribution in [2.75, 3.05) is 20.3 Å². The molecule has 0 aliphatic rings. The Morgan fingerprint density at radius 3 is 2.50 bits per heavy atom. The SMILES string of the molecule is COC[C@@H](C)NC(=O)CN(Cc1cccc(C)c1)S(=O)(=O)c1ccc(Cl)cc1. The Labute approximate surface area is 171 Å². The predicted molar refractivity (Wildman–Crippen MR) is 110 cm³/mol. The second-order valence-corrected chi connectivity index (χ2v) is 9.01. The first-order chi connectivity index (χ1) is 13.2. The molecule has 1 atom stereocenters. The highest BCUT2D eigenvalue weighted by Crippen LogP contribution is 2.21. The fourth-order valence-electron chi connectivity index (χ4n) is 2.77. The fourth-order valence-corrected chi connectivity index (χ4v) is 4.28. The second-order valence-electron chi connectivity index (χ2n) is 6.64. The zero-order valence-electron chi connectivity index (χ0n) is 16.2. The van der Waals surface area contributed by atoms with Crippen molar-refractivity contribution in [3.8, 4) is 0 Å². The molecule has 0 spiro atoms. The third kappa shape index (κ3) is 6.31. The molecular weight excluding hydrogens is 400 g/mol. The first-order valence-corrected chi connectivity index (χ1v) is 10.6. The summed E-state index contributed by atoms with van der Waals surface area (Å²) in [5, 5.41) is 3.19. The van der Waals surface area contributed by atoms with Crippen molar-refractivity contribution in [3.63, 3.8) is 0 Å². The van der Waals surface area contributed by atoms with Crippen molar-refractivity contribution in [1.29, 1.82) is 0 Å². The molecule has 6 nitrogen and oxygen atoms in total. The highest BCUT2D eigenvalue weighted by Gasteiger charge is 2.27. The Morgan fingerprint density at radius 1 is 1.21 bits per heavy atom. The van der Waals surface area contributed by atoms with Gasteiger partial charge in [-0.05, 0) is 43.7 Å². The number of hydrogen-bond donors (Lipinski definition) is 1. The van der Waals surface area contributed by atoms with Gasteiger partial charge >= 0.3 is 0 Å². The van der Waals surface area contributed by atoms with Crippen LogP contribution in [-0.2, 0) is 26.1 Å². The summed E-state index contributed by atoms with van der Waals surface area (Å²) in [6.07, 6.45) is 0. The summed E-state index contributed by atoms with van der Waals surface area (Å²) in [6, 6.07) is 13.2. The van der Waals surface area contributed by atoms with Crippen LogP contribution in [0, 0.1) is 6.92 Å². The molecule has 0 bridgehead atoms. The first kappa shape index (κ1) is 22.4. The Hall–Kier alpha value is -1.93. The lowest BCUT2D eigenvalue weighted by Gasteiger charge is -2.23. The Kier molecular flexibility index (Phi) is 8.00. The molecule has 0 aliphatic carbocycles. The fraction of sp³-hybridized carbons (Fsp3) is 0.350. The number of aryl methyl sites for hydroxylation is 1. The van der Waals surface area contributed by atoms with Crippen molar-refractivity contribution in [2.45, 2.75) is 31.3 Å². The Morgan fingerprint density at radius 2 is 1.89 bits per heavy atom. The number of ether oxygens (including phenoxy) is 1. The van der Waals surface area contributed by atoms with E-state index in [-0.39, 0.29) is 24.0 Å². The highest BCUT2D eigenvalue weighted by molar-refractivity contribution is 7.89. The molecule has 0 saturated heterocycles. The lowest BCUT2D eigenvalue weighted by molar-refractivity contribution is -0.122. The summed E-state index contributed by atoms with van der Waals surface area (Å²) in [7, 11) is -2.35. The first-order valence-electron chi connectivity index (χ1n) is 8.82. The number of halogens is 1. The number of sulfonamides is 1. The van der Waals surface area contributed by atoms with Crippen molar-refractivity contribution in [1.82, 2.24) is 9.62 Å². The molecule has 2 rings (SSSR count). The minimum Gasteiger partial charge on any atom is -0.383 e. The summed E-state index contributed by atoms with van der Waals surface area (Å²) in [5.41, 5.74) is 1.81. The van der Waals surface area contributed by atoms with E-state index in [0.717, 1.165) is 11.1 Å². The van der Waals surface area contributed by atoms with Gasteiger partial charge in [-0.15, -0.1) is 0 Å². The van der Waals surface area contributed by atoms with E-state index in [1.807, 2.05) is 31.2 Å². The van der Waals surface area contributed by atoms with Gasteiger partial charge in [0.25, 0.3) is 0 Å². The third-order valence-corrected chi connectivity index (χ3v) is 6.09. The van der Waals surface area contributed by atoms with Crippen LogP contribution >= 0.6 is 11.6 Å². The topological polar surface area (TPSA) is 75.7 Å². The minimum atomic E-state index is -3.89. The maximum atomic E-state index is 13.2. The van der Waals surface area contributed by atoms with Gasteiger partial charge in [0.1, 0.15) is 0 Å². The molecule has 0 aliphatic heterocycles. The van der Waals surface area contributed by atoms with E-state index in [0.29, 0.717) is 11.6 Å². The quantitative estimate of drug-likeness (QED) is 0.671. The average Bonchev–Trinajstić information content (AvgIpc) is 2.61. The summed E-state index contributed by atoms with van der Waals surface area (Å²) in [6.45, 7) is 3.85. The zero-order valence-corrected chi connectivity index (χ0v) is 17.8. The molecule has 1 N–H and O–H groups in total. The molecule has 1 amide bonds. The minimum absolute atomic E-state index is 0.0821. The smallest absolute Gasteiger partial charge is 0.243 e. The van der Waals surface area contributed by atoms with Gasteiger partial charge in [-0.1, -0.05) is 41.4 Å². The summed E-state index contributed by atoms with van der Waals surface area (Å²) in [5.74, 6) is -0.394. The lowest BCUT2D eigenvalue weighted by atomic mass is 10.1. The molecular formula is C20H25ClN2O4S. The van der Waals surface area contributed by atoms with Crippen LogP contribution in [0.25, 0.3) is 0 Å². The molecule has 0 heterocycles. The molecule has 2 aromatic carbocycles. The molecule has 28 heavy (non-hydrogen) atoms. The monoisotopic (exact) mass is 424 g/mol. The van der Waals surface area contributed by atoms with Gasteiger partial charge in [0.05, 0.1) is 18.0 Å². The number of hydrogen-bond acceptors (Lipinski definition) is 4. The Bertz CT molecular complexity index is 901. The van der Waals surface area contributed by atoms with Gasteiger partial charge in [0.2, 0.25) is 15.9 Å². The summed E-state index contributed by atoms with van der Waals surface area (Å²) in [4.78, 5) is 12.5. The van der Waals surface area contributed by atoms with Gasteiger partial charge in [0, 0.05) is 24.7 Å². The van der Waals surface area contributed by atoms with Crippen LogP contribution in [0.5, 0.6) is 0 Å². The summed E-state index contributed by atoms with van der Waals surface area (Å²) >= 11 is 5.88. The van der Waals surface area contributed by atoms with Crippen LogP contribution in [-0.4, -0.2) is 44.9 Å². The number of methoxy groups -OCH3 is 1. The number of rotatable bonds is 9. The van der Waals surface area contributed by atoms with E-state index in [9.17, 15) is 13.2 Å². The van der Waals surface area contributed by atoms with Crippen LogP contribution in [0.1, 0.15) is 18.1 Å². The second kappa shape index (κ2) is 10.0. The summed E-state index contributed by atoms with van der Waals surface area (Å²) < 4.78 is 32.5. The normalized spacial score (nSPS) is 12.8. The van der Waals surface area contributed by atoms with Crippen LogP contribution in [0.3, 0.4) is 0 Å². The molecule has 2 aromatic rings. The molecule has 0 fully saturated rings. The Balaban J connectivity index is 2.29. The largest absolute Gasteiger partial charge is 0.383 e. The predicted octanol–water partition coefficient (Wildman–Crippen LogP) is 2.99. The highest BCUT2D eigenvalue weighted by atomic mass is 35.5. The average molecular weight is 425 g/mol. The van der Waals surface area contributed by atoms with Gasteiger partial charge in [-0.25, -0.2) is 8.42 Å². The molecule has 0 saturated carbocycles. The standard InChI is InChI=1S/C20H25ClN2O4S/c1-15-5-4-6-17(11-15)12-23(13-20(24)22-16(2)14-27-3)28(25,26)19-9-7-18(21)8-10-19/h4-11,16H,12-14H2,1-3H3,(H,22,24)/t16-/m1/s1. The van der Waals surface area contributed by atoms with Crippen LogP contribution in [0.2, 0.25) is 5.02 Å². The third-order valence-electron chi connectivity index (χ3n) is 4.04. The van der Waals surface area contributed by atoms with Crippen molar-refractivity contribution >= 4 is 27.5 Å². The molecule has 0 unspecified atom stereocenters. The molecule has 152 valence electrons. The van der Waals surface area contributed by atoms with E-state index in [1.165, 1.54) is 35.7 Å². The maximum absolute atomic E-state index is 13.2. The van der Waals surface area contributed by atoms with Gasteiger partial charge < -0.3 is 10.1 Å². The number of amides is 1. The van der Waals surface area contributed by atoms with E-state index in [1.54, 1.807) is 6.92 Å². The lowest BCUT2D eigenvalue weighted by Crippen LogP contribution is -2.44. The van der Waals surface area contributed by atoms with Gasteiger partial charge in [-0.3, -0.25) is 4.79 Å². The van der Waals surface area contributed by atoms with Crippen LogP contribution in [0.15, 0.2) is 53.4 Å². The number of nitrogens with one attached hydrogen (secondary N) is 1. The number of benzene rings is 2. The zero-order chi connectivity index (χ0) is 20.7. The number of carbonyl (C=O) groups is 1. The number of carbonyl (C=O) groups excluding carboxylic acids is 1. The van der Waals surface area contributed by atoms with Crippen LogP contribution < -0.4 is 5.32 Å². The number of nitrogens with zero attached hydrogens (tertiary/aromatic N) is 1.